The number of ether oxygens (including phenoxy) is 4. The van der Waals surface area contributed by atoms with Gasteiger partial charge in [0.15, 0.2) is 6.29 Å². The third-order valence-electron chi connectivity index (χ3n) is 11.8. The summed E-state index contributed by atoms with van der Waals surface area (Å²) in [5.41, 5.74) is 0. The van der Waals surface area contributed by atoms with E-state index in [1.165, 1.54) is 148 Å². The van der Waals surface area contributed by atoms with Crippen molar-refractivity contribution in [2.75, 3.05) is 26.4 Å². The van der Waals surface area contributed by atoms with Gasteiger partial charge in [0.05, 0.1) is 19.8 Å². The standard InChI is InChI=1S/C52H96O9/c1-3-5-7-9-11-13-15-17-19-20-21-22-23-24-25-26-27-28-30-32-34-36-38-40-42-58-44-46(45-59-52-51(57)50(56)49(55)47(43-53)61-52)60-48(54)41-39-37-35-33-31-29-18-16-14-12-10-8-6-4-2/h10,12,16,18,20-21,46-47,49-53,55-57H,3-9,11,13-15,17,19,22-45H2,1-2H3/b12-10-,18-16-,21-20-. The van der Waals surface area contributed by atoms with E-state index in [-0.39, 0.29) is 19.2 Å². The maximum absolute atomic E-state index is 12.8. The van der Waals surface area contributed by atoms with Gasteiger partial charge in [-0.1, -0.05) is 192 Å². The smallest absolute Gasteiger partial charge is 0.306 e. The van der Waals surface area contributed by atoms with Gasteiger partial charge in [0.25, 0.3) is 0 Å². The van der Waals surface area contributed by atoms with E-state index in [1.54, 1.807) is 0 Å². The number of aliphatic hydroxyl groups is 4. The van der Waals surface area contributed by atoms with E-state index in [0.717, 1.165) is 57.8 Å². The SMILES string of the molecule is CCCC/C=C\C/C=C\CCCCCCCC(=O)OC(COCCCCCCCCCCCCCC/C=C\CCCCCCCCCC)COC1OC(CO)C(O)C(O)C1O. The molecule has 1 heterocycles. The molecule has 9 heteroatoms. The number of carbonyl (C=O) groups excluding carboxylic acids is 1. The number of hydrogen-bond acceptors (Lipinski definition) is 9. The molecule has 1 aliphatic rings. The Morgan fingerprint density at radius 1 is 0.525 bits per heavy atom. The van der Waals surface area contributed by atoms with Crippen LogP contribution in [-0.4, -0.2) is 89.6 Å². The van der Waals surface area contributed by atoms with Gasteiger partial charge in [0.1, 0.15) is 30.5 Å². The largest absolute Gasteiger partial charge is 0.457 e. The predicted octanol–water partition coefficient (Wildman–Crippen LogP) is 12.3. The Hall–Kier alpha value is -1.59. The van der Waals surface area contributed by atoms with E-state index in [1.807, 2.05) is 0 Å². The molecule has 9 nitrogen and oxygen atoms in total. The Morgan fingerprint density at radius 2 is 0.967 bits per heavy atom. The van der Waals surface area contributed by atoms with Crippen LogP contribution >= 0.6 is 0 Å². The molecule has 61 heavy (non-hydrogen) atoms. The summed E-state index contributed by atoms with van der Waals surface area (Å²) in [7, 11) is 0. The van der Waals surface area contributed by atoms with Crippen molar-refractivity contribution in [3.05, 3.63) is 36.5 Å². The summed E-state index contributed by atoms with van der Waals surface area (Å²) in [5.74, 6) is -0.326. The maximum atomic E-state index is 12.8. The van der Waals surface area contributed by atoms with Crippen molar-refractivity contribution in [2.24, 2.45) is 0 Å². The molecule has 1 fully saturated rings. The highest BCUT2D eigenvalue weighted by atomic mass is 16.7. The minimum Gasteiger partial charge on any atom is -0.457 e. The Balaban J connectivity index is 2.17. The third-order valence-corrected chi connectivity index (χ3v) is 11.8. The molecule has 358 valence electrons. The highest BCUT2D eigenvalue weighted by Crippen LogP contribution is 2.23. The van der Waals surface area contributed by atoms with Gasteiger partial charge in [-0.25, -0.2) is 0 Å². The highest BCUT2D eigenvalue weighted by Gasteiger charge is 2.44. The molecule has 0 amide bonds. The van der Waals surface area contributed by atoms with Crippen molar-refractivity contribution in [1.29, 1.82) is 0 Å². The summed E-state index contributed by atoms with van der Waals surface area (Å²) in [4.78, 5) is 12.8. The van der Waals surface area contributed by atoms with E-state index in [2.05, 4.69) is 50.3 Å². The summed E-state index contributed by atoms with van der Waals surface area (Å²) < 4.78 is 22.9. The number of esters is 1. The second kappa shape index (κ2) is 43.7. The second-order valence-electron chi connectivity index (χ2n) is 17.6. The molecule has 6 unspecified atom stereocenters. The predicted molar refractivity (Wildman–Crippen MR) is 252 cm³/mol. The van der Waals surface area contributed by atoms with Gasteiger partial charge in [0, 0.05) is 13.0 Å². The van der Waals surface area contributed by atoms with E-state index >= 15 is 0 Å². The Bertz CT molecular complexity index is 1030. The molecule has 0 bridgehead atoms. The molecule has 6 atom stereocenters. The molecule has 0 aromatic carbocycles. The Morgan fingerprint density at radius 3 is 1.48 bits per heavy atom. The van der Waals surface area contributed by atoms with Crippen molar-refractivity contribution in [1.82, 2.24) is 0 Å². The average molecular weight is 865 g/mol. The minimum atomic E-state index is -1.54. The van der Waals surface area contributed by atoms with Gasteiger partial charge in [-0.2, -0.15) is 0 Å². The van der Waals surface area contributed by atoms with Crippen LogP contribution in [0.15, 0.2) is 36.5 Å². The third kappa shape index (κ3) is 34.5. The number of rotatable bonds is 44. The van der Waals surface area contributed by atoms with Gasteiger partial charge in [-0.15, -0.1) is 0 Å². The van der Waals surface area contributed by atoms with Crippen LogP contribution in [0.2, 0.25) is 0 Å². The van der Waals surface area contributed by atoms with Gasteiger partial charge >= 0.3 is 5.97 Å². The van der Waals surface area contributed by atoms with E-state index in [0.29, 0.717) is 13.0 Å². The quantitative estimate of drug-likeness (QED) is 0.0268. The minimum absolute atomic E-state index is 0.118. The van der Waals surface area contributed by atoms with Gasteiger partial charge < -0.3 is 39.4 Å². The molecule has 0 aromatic rings. The summed E-state index contributed by atoms with van der Waals surface area (Å²) >= 11 is 0. The highest BCUT2D eigenvalue weighted by molar-refractivity contribution is 5.69. The van der Waals surface area contributed by atoms with Crippen molar-refractivity contribution < 1.29 is 44.2 Å². The van der Waals surface area contributed by atoms with Crippen LogP contribution in [0, 0.1) is 0 Å². The van der Waals surface area contributed by atoms with Crippen LogP contribution in [0.3, 0.4) is 0 Å². The fourth-order valence-electron chi connectivity index (χ4n) is 7.74. The lowest BCUT2D eigenvalue weighted by molar-refractivity contribution is -0.305. The maximum Gasteiger partial charge on any atom is 0.306 e. The molecule has 1 rings (SSSR count). The van der Waals surface area contributed by atoms with E-state index in [4.69, 9.17) is 18.9 Å². The lowest BCUT2D eigenvalue weighted by Gasteiger charge is -2.39. The zero-order valence-electron chi connectivity index (χ0n) is 39.4. The van der Waals surface area contributed by atoms with Crippen LogP contribution in [-0.2, 0) is 23.7 Å². The Labute approximate surface area is 374 Å². The molecule has 0 aliphatic carbocycles. The number of unbranched alkanes of at least 4 members (excludes halogenated alkanes) is 27. The topological polar surface area (TPSA) is 135 Å². The second-order valence-corrected chi connectivity index (χ2v) is 17.6. The zero-order valence-corrected chi connectivity index (χ0v) is 39.4. The van der Waals surface area contributed by atoms with Crippen LogP contribution in [0.5, 0.6) is 0 Å². The molecule has 0 aromatic heterocycles. The average Bonchev–Trinajstić information content (AvgIpc) is 3.26. The number of carbonyl (C=O) groups is 1. The molecule has 0 saturated carbocycles. The van der Waals surface area contributed by atoms with Crippen molar-refractivity contribution >= 4 is 5.97 Å². The first-order valence-corrected chi connectivity index (χ1v) is 25.6. The van der Waals surface area contributed by atoms with Gasteiger partial charge in [0.2, 0.25) is 0 Å². The zero-order chi connectivity index (χ0) is 44.3. The molecule has 1 aliphatic heterocycles. The summed E-state index contributed by atoms with van der Waals surface area (Å²) in [6.07, 6.45) is 46.1. The number of hydrogen-bond donors (Lipinski definition) is 4. The first-order chi connectivity index (χ1) is 29.9. The normalized spacial score (nSPS) is 20.1. The van der Waals surface area contributed by atoms with Crippen LogP contribution in [0.1, 0.15) is 226 Å². The van der Waals surface area contributed by atoms with Gasteiger partial charge in [-0.05, 0) is 64.2 Å². The Kier molecular flexibility index (Phi) is 41.1. The van der Waals surface area contributed by atoms with Crippen LogP contribution in [0.25, 0.3) is 0 Å². The summed E-state index contributed by atoms with van der Waals surface area (Å²) in [5, 5.41) is 40.2. The first kappa shape index (κ1) is 57.4. The van der Waals surface area contributed by atoms with Gasteiger partial charge in [-0.3, -0.25) is 4.79 Å². The lowest BCUT2D eigenvalue weighted by Crippen LogP contribution is -2.59. The number of allylic oxidation sites excluding steroid dienone is 6. The molecule has 4 N–H and O–H groups in total. The molecule has 1 saturated heterocycles. The van der Waals surface area contributed by atoms with Crippen LogP contribution in [0.4, 0.5) is 0 Å². The molecule has 0 spiro atoms. The summed E-state index contributed by atoms with van der Waals surface area (Å²) in [6, 6.07) is 0. The molecular formula is C52H96O9. The monoisotopic (exact) mass is 865 g/mol. The molecule has 0 radical (unpaired) electrons. The van der Waals surface area contributed by atoms with Crippen molar-refractivity contribution in [3.8, 4) is 0 Å². The summed E-state index contributed by atoms with van der Waals surface area (Å²) in [6.45, 7) is 4.52. The van der Waals surface area contributed by atoms with E-state index < -0.39 is 43.4 Å². The fraction of sp³-hybridized carbons (Fsp3) is 0.865. The number of aliphatic hydroxyl groups excluding tert-OH is 4. The van der Waals surface area contributed by atoms with E-state index in [9.17, 15) is 25.2 Å². The van der Waals surface area contributed by atoms with Crippen molar-refractivity contribution in [3.63, 3.8) is 0 Å². The lowest BCUT2D eigenvalue weighted by atomic mass is 9.99. The molecular weight excluding hydrogens is 769 g/mol. The first-order valence-electron chi connectivity index (χ1n) is 25.6. The van der Waals surface area contributed by atoms with Crippen molar-refractivity contribution in [2.45, 2.75) is 263 Å². The van der Waals surface area contributed by atoms with Crippen LogP contribution < -0.4 is 0 Å². The fourth-order valence-corrected chi connectivity index (χ4v) is 7.74.